The molecule has 0 atom stereocenters. The monoisotopic (exact) mass is 291 g/mol. The van der Waals surface area contributed by atoms with Crippen LogP contribution >= 0.6 is 0 Å². The molecule has 0 heterocycles. The zero-order valence-corrected chi connectivity index (χ0v) is 7.82. The zero-order chi connectivity index (χ0) is 15.0. The van der Waals surface area contributed by atoms with E-state index in [9.17, 15) is 49.6 Å². The predicted molar refractivity (Wildman–Crippen MR) is 37.0 cm³/mol. The van der Waals surface area contributed by atoms with Crippen molar-refractivity contribution < 1.29 is 44.4 Å². The second kappa shape index (κ2) is 4.31. The van der Waals surface area contributed by atoms with Gasteiger partial charge in [-0.05, 0) is 0 Å². The summed E-state index contributed by atoms with van der Waals surface area (Å²) in [5, 5.41) is 9.55. The molecule has 0 N–H and O–H groups in total. The molecule has 0 aliphatic rings. The highest BCUT2D eigenvalue weighted by Gasteiger charge is 2.81. The lowest BCUT2D eigenvalue weighted by molar-refractivity contribution is -0.408. The summed E-state index contributed by atoms with van der Waals surface area (Å²) in [4.78, 5) is 7.82. The Balaban J connectivity index is 5.57. The normalized spacial score (nSPS) is 15.2. The van der Waals surface area contributed by atoms with E-state index in [-0.39, 0.29) is 0 Å². The molecule has 18 heavy (non-hydrogen) atoms. The fourth-order valence-electron chi connectivity index (χ4n) is 0.646. The zero-order valence-electron chi connectivity index (χ0n) is 7.82. The van der Waals surface area contributed by atoms with E-state index in [4.69, 9.17) is 0 Å². The van der Waals surface area contributed by atoms with E-state index in [0.717, 1.165) is 0 Å². The standard InChI is InChI=1S/C6H2F9NO2/c7-3(8,1-2-16(17)18)4(9,10)5(11,12)6(13,14)15/h1-2H. The largest absolute Gasteiger partial charge is 0.460 e. The summed E-state index contributed by atoms with van der Waals surface area (Å²) in [5.74, 6) is -20.0. The Morgan fingerprint density at radius 3 is 1.50 bits per heavy atom. The van der Waals surface area contributed by atoms with Gasteiger partial charge in [0.1, 0.15) is 0 Å². The molecule has 0 spiro atoms. The molecule has 0 amide bonds. The van der Waals surface area contributed by atoms with Gasteiger partial charge in [-0.1, -0.05) is 0 Å². The second-order valence-corrected chi connectivity index (χ2v) is 2.87. The van der Waals surface area contributed by atoms with Crippen LogP contribution in [0.1, 0.15) is 0 Å². The fraction of sp³-hybridized carbons (Fsp3) is 0.667. The van der Waals surface area contributed by atoms with E-state index in [1.807, 2.05) is 0 Å². The van der Waals surface area contributed by atoms with Gasteiger partial charge in [0.25, 0.3) is 0 Å². The van der Waals surface area contributed by atoms with Crippen LogP contribution in [0.4, 0.5) is 39.5 Å². The van der Waals surface area contributed by atoms with Crippen molar-refractivity contribution in [1.82, 2.24) is 0 Å². The van der Waals surface area contributed by atoms with Crippen molar-refractivity contribution in [2.24, 2.45) is 0 Å². The average molecular weight is 291 g/mol. The van der Waals surface area contributed by atoms with Gasteiger partial charge in [-0.2, -0.15) is 39.5 Å². The summed E-state index contributed by atoms with van der Waals surface area (Å²) in [6.45, 7) is 0. The number of nitrogens with zero attached hydrogens (tertiary/aromatic N) is 1. The SMILES string of the molecule is O=[N+]([O-])C=CC(F)(F)C(F)(F)C(F)(F)C(F)(F)F. The summed E-state index contributed by atoms with van der Waals surface area (Å²) in [7, 11) is 0. The van der Waals surface area contributed by atoms with Crippen molar-refractivity contribution in [3.8, 4) is 0 Å². The lowest BCUT2D eigenvalue weighted by atomic mass is 10.0. The summed E-state index contributed by atoms with van der Waals surface area (Å²) in [6, 6.07) is 0. The molecule has 0 unspecified atom stereocenters. The maximum absolute atomic E-state index is 12.5. The summed E-state index contributed by atoms with van der Waals surface area (Å²) >= 11 is 0. The van der Waals surface area contributed by atoms with E-state index >= 15 is 0 Å². The van der Waals surface area contributed by atoms with Gasteiger partial charge in [0, 0.05) is 0 Å². The van der Waals surface area contributed by atoms with Gasteiger partial charge in [-0.25, -0.2) is 0 Å². The molecule has 106 valence electrons. The lowest BCUT2D eigenvalue weighted by Gasteiger charge is -2.31. The first kappa shape index (κ1) is 16.5. The fourth-order valence-corrected chi connectivity index (χ4v) is 0.646. The van der Waals surface area contributed by atoms with E-state index < -0.39 is 41.1 Å². The number of alkyl halides is 9. The summed E-state index contributed by atoms with van der Waals surface area (Å²) in [6.07, 6.45) is -9.14. The molecule has 0 saturated heterocycles. The van der Waals surface area contributed by atoms with Crippen LogP contribution in [0, 0.1) is 10.1 Å². The highest BCUT2D eigenvalue weighted by molar-refractivity contribution is 5.08. The van der Waals surface area contributed by atoms with E-state index in [1.54, 1.807) is 0 Å². The first-order valence-electron chi connectivity index (χ1n) is 3.70. The number of rotatable bonds is 4. The molecule has 0 rings (SSSR count). The van der Waals surface area contributed by atoms with Crippen LogP contribution in [-0.4, -0.2) is 28.9 Å². The van der Waals surface area contributed by atoms with Crippen LogP contribution in [0.15, 0.2) is 12.3 Å². The van der Waals surface area contributed by atoms with Crippen LogP contribution in [0.5, 0.6) is 0 Å². The minimum atomic E-state index is -7.05. The van der Waals surface area contributed by atoms with E-state index in [2.05, 4.69) is 0 Å². The average Bonchev–Trinajstić information content (AvgIpc) is 2.12. The van der Waals surface area contributed by atoms with Crippen LogP contribution in [0.3, 0.4) is 0 Å². The predicted octanol–water partition coefficient (Wildman–Crippen LogP) is 3.25. The topological polar surface area (TPSA) is 43.1 Å². The Hall–Kier alpha value is -1.49. The molecule has 0 saturated carbocycles. The molecule has 0 aliphatic carbocycles. The van der Waals surface area contributed by atoms with Crippen LogP contribution in [0.25, 0.3) is 0 Å². The Labute approximate surface area is 92.0 Å². The molecule has 0 aromatic carbocycles. The second-order valence-electron chi connectivity index (χ2n) is 2.87. The first-order valence-corrected chi connectivity index (χ1v) is 3.70. The smallest absolute Gasteiger partial charge is 0.259 e. The molecule has 0 radical (unpaired) electrons. The summed E-state index contributed by atoms with van der Waals surface area (Å²) in [5.41, 5.74) is 0. The van der Waals surface area contributed by atoms with Gasteiger partial charge < -0.3 is 0 Å². The third-order valence-electron chi connectivity index (χ3n) is 1.57. The highest BCUT2D eigenvalue weighted by atomic mass is 19.4. The molecule has 0 bridgehead atoms. The van der Waals surface area contributed by atoms with Crippen molar-refractivity contribution in [2.45, 2.75) is 23.9 Å². The lowest BCUT2D eigenvalue weighted by Crippen LogP contribution is -2.60. The molecule has 0 fully saturated rings. The number of halogens is 9. The number of hydrogen-bond acceptors (Lipinski definition) is 2. The quantitative estimate of drug-likeness (QED) is 0.453. The van der Waals surface area contributed by atoms with Gasteiger partial charge in [0.15, 0.2) is 0 Å². The van der Waals surface area contributed by atoms with Gasteiger partial charge in [-0.3, -0.25) is 10.1 Å². The Kier molecular flexibility index (Phi) is 3.96. The molecular formula is C6H2F9NO2. The minimum absolute atomic E-state index is 0.861. The van der Waals surface area contributed by atoms with Crippen LogP contribution in [0.2, 0.25) is 0 Å². The molecular weight excluding hydrogens is 289 g/mol. The Bertz CT molecular complexity index is 359. The Morgan fingerprint density at radius 2 is 1.22 bits per heavy atom. The highest BCUT2D eigenvalue weighted by Crippen LogP contribution is 2.53. The number of hydrogen-bond donors (Lipinski definition) is 0. The van der Waals surface area contributed by atoms with Crippen molar-refractivity contribution in [3.05, 3.63) is 22.4 Å². The van der Waals surface area contributed by atoms with E-state index in [0.29, 0.717) is 0 Å². The first-order chi connectivity index (χ1) is 7.67. The van der Waals surface area contributed by atoms with Crippen LogP contribution < -0.4 is 0 Å². The molecule has 12 heteroatoms. The van der Waals surface area contributed by atoms with Crippen molar-refractivity contribution >= 4 is 0 Å². The molecule has 3 nitrogen and oxygen atoms in total. The Morgan fingerprint density at radius 1 is 0.833 bits per heavy atom. The van der Waals surface area contributed by atoms with Crippen LogP contribution in [-0.2, 0) is 0 Å². The van der Waals surface area contributed by atoms with E-state index in [1.165, 1.54) is 0 Å². The summed E-state index contributed by atoms with van der Waals surface area (Å²) < 4.78 is 109. The van der Waals surface area contributed by atoms with Gasteiger partial charge >= 0.3 is 23.9 Å². The molecule has 0 aromatic heterocycles. The van der Waals surface area contributed by atoms with Gasteiger partial charge in [0.05, 0.1) is 11.0 Å². The third-order valence-corrected chi connectivity index (χ3v) is 1.57. The maximum atomic E-state index is 12.5. The molecule has 0 aliphatic heterocycles. The molecule has 0 aromatic rings. The number of allylic oxidation sites excluding steroid dienone is 1. The van der Waals surface area contributed by atoms with Crippen molar-refractivity contribution in [3.63, 3.8) is 0 Å². The van der Waals surface area contributed by atoms with Crippen molar-refractivity contribution in [1.29, 1.82) is 0 Å². The van der Waals surface area contributed by atoms with Gasteiger partial charge in [-0.15, -0.1) is 0 Å². The number of nitro groups is 1. The van der Waals surface area contributed by atoms with Gasteiger partial charge in [0.2, 0.25) is 6.20 Å². The minimum Gasteiger partial charge on any atom is -0.259 e. The van der Waals surface area contributed by atoms with Crippen molar-refractivity contribution in [2.75, 3.05) is 0 Å². The maximum Gasteiger partial charge on any atom is 0.460 e. The third kappa shape index (κ3) is 2.67.